The molecule has 0 rings (SSSR count). The zero-order valence-corrected chi connectivity index (χ0v) is 49.8. The summed E-state index contributed by atoms with van der Waals surface area (Å²) in [5.74, 6) is -0.977. The summed E-state index contributed by atoms with van der Waals surface area (Å²) in [6.07, 6.45) is 82.3. The molecule has 6 heteroatoms. The van der Waals surface area contributed by atoms with Gasteiger partial charge >= 0.3 is 17.9 Å². The van der Waals surface area contributed by atoms with Crippen LogP contribution in [0, 0.1) is 0 Å². The van der Waals surface area contributed by atoms with Crippen LogP contribution in [0.1, 0.15) is 329 Å². The van der Waals surface area contributed by atoms with E-state index in [4.69, 9.17) is 14.2 Å². The summed E-state index contributed by atoms with van der Waals surface area (Å²) in [6, 6.07) is 0. The van der Waals surface area contributed by atoms with Crippen molar-refractivity contribution >= 4 is 17.9 Å². The van der Waals surface area contributed by atoms with Crippen LogP contribution in [0.2, 0.25) is 0 Å². The molecule has 0 aliphatic heterocycles. The van der Waals surface area contributed by atoms with E-state index in [9.17, 15) is 14.4 Å². The fraction of sp³-hybridized carbons (Fsp3) is 0.783. The van der Waals surface area contributed by atoms with E-state index in [0.29, 0.717) is 19.3 Å². The van der Waals surface area contributed by atoms with Gasteiger partial charge in [-0.15, -0.1) is 0 Å². The van der Waals surface area contributed by atoms with Crippen LogP contribution in [0.4, 0.5) is 0 Å². The van der Waals surface area contributed by atoms with Crippen LogP contribution in [-0.2, 0) is 28.6 Å². The summed E-state index contributed by atoms with van der Waals surface area (Å²) in [4.78, 5) is 38.2. The van der Waals surface area contributed by atoms with Crippen LogP contribution in [0.3, 0.4) is 0 Å². The number of hydrogen-bond donors (Lipinski definition) is 0. The van der Waals surface area contributed by atoms with Crippen molar-refractivity contribution < 1.29 is 28.6 Å². The van der Waals surface area contributed by atoms with E-state index in [1.807, 2.05) is 6.08 Å². The maximum atomic E-state index is 12.9. The molecule has 0 spiro atoms. The summed E-state index contributed by atoms with van der Waals surface area (Å²) in [5.41, 5.74) is 0. The van der Waals surface area contributed by atoms with Crippen molar-refractivity contribution in [2.45, 2.75) is 335 Å². The molecule has 0 heterocycles. The molecular weight excluding hydrogens is 925 g/mol. The van der Waals surface area contributed by atoms with Crippen LogP contribution in [-0.4, -0.2) is 37.2 Å². The van der Waals surface area contributed by atoms with Crippen molar-refractivity contribution in [3.8, 4) is 0 Å². The molecule has 0 amide bonds. The topological polar surface area (TPSA) is 78.9 Å². The van der Waals surface area contributed by atoms with Gasteiger partial charge in [0.15, 0.2) is 6.10 Å². The minimum absolute atomic E-state index is 0.0981. The van der Waals surface area contributed by atoms with Gasteiger partial charge in [-0.1, -0.05) is 306 Å². The van der Waals surface area contributed by atoms with Crippen LogP contribution in [0.15, 0.2) is 72.9 Å². The number of esters is 3. The molecule has 0 aromatic heterocycles. The van der Waals surface area contributed by atoms with Gasteiger partial charge in [-0.05, 0) is 77.0 Å². The molecule has 434 valence electrons. The molecule has 0 fully saturated rings. The van der Waals surface area contributed by atoms with Crippen molar-refractivity contribution in [1.29, 1.82) is 0 Å². The molecule has 0 aromatic carbocycles. The molecule has 0 saturated carbocycles. The predicted molar refractivity (Wildman–Crippen MR) is 325 cm³/mol. The lowest BCUT2D eigenvalue weighted by Gasteiger charge is -2.18. The summed E-state index contributed by atoms with van der Waals surface area (Å²) in [6.45, 7) is 6.47. The highest BCUT2D eigenvalue weighted by molar-refractivity contribution is 5.71. The molecule has 0 aliphatic rings. The van der Waals surface area contributed by atoms with Crippen molar-refractivity contribution in [1.82, 2.24) is 0 Å². The molecule has 1 atom stereocenters. The van der Waals surface area contributed by atoms with E-state index >= 15 is 0 Å². The van der Waals surface area contributed by atoms with Gasteiger partial charge < -0.3 is 14.2 Å². The Morgan fingerprint density at radius 1 is 0.280 bits per heavy atom. The van der Waals surface area contributed by atoms with Gasteiger partial charge in [0.2, 0.25) is 0 Å². The Hall–Kier alpha value is -3.15. The predicted octanol–water partition coefficient (Wildman–Crippen LogP) is 22.1. The minimum atomic E-state index is -0.808. The summed E-state index contributed by atoms with van der Waals surface area (Å²) >= 11 is 0. The lowest BCUT2D eigenvalue weighted by Crippen LogP contribution is -2.30. The Kier molecular flexibility index (Phi) is 60.7. The second-order valence-corrected chi connectivity index (χ2v) is 21.6. The van der Waals surface area contributed by atoms with Gasteiger partial charge in [0.1, 0.15) is 13.2 Å². The third kappa shape index (κ3) is 61.6. The molecule has 0 aliphatic carbocycles. The lowest BCUT2D eigenvalue weighted by molar-refractivity contribution is -0.166. The first-order valence-corrected chi connectivity index (χ1v) is 32.4. The highest BCUT2D eigenvalue weighted by Crippen LogP contribution is 2.18. The Balaban J connectivity index is 4.26. The van der Waals surface area contributed by atoms with Crippen molar-refractivity contribution in [2.75, 3.05) is 13.2 Å². The summed E-state index contributed by atoms with van der Waals surface area (Å²) in [5, 5.41) is 0. The van der Waals surface area contributed by atoms with Crippen molar-refractivity contribution in [3.05, 3.63) is 72.9 Å². The van der Waals surface area contributed by atoms with Gasteiger partial charge in [-0.3, -0.25) is 14.4 Å². The van der Waals surface area contributed by atoms with E-state index in [1.165, 1.54) is 205 Å². The highest BCUT2D eigenvalue weighted by Gasteiger charge is 2.19. The second kappa shape index (κ2) is 63.4. The lowest BCUT2D eigenvalue weighted by atomic mass is 10.0. The normalized spacial score (nSPS) is 12.5. The van der Waals surface area contributed by atoms with E-state index < -0.39 is 6.10 Å². The maximum Gasteiger partial charge on any atom is 0.306 e. The Labute approximate surface area is 465 Å². The Morgan fingerprint density at radius 3 is 0.920 bits per heavy atom. The van der Waals surface area contributed by atoms with E-state index in [1.54, 1.807) is 0 Å². The number of carbonyl (C=O) groups is 3. The van der Waals surface area contributed by atoms with Gasteiger partial charge in [0, 0.05) is 19.3 Å². The number of allylic oxidation sites excluding steroid dienone is 12. The second-order valence-electron chi connectivity index (χ2n) is 21.6. The molecule has 0 saturated heterocycles. The van der Waals surface area contributed by atoms with Crippen LogP contribution >= 0.6 is 0 Å². The number of carbonyl (C=O) groups excluding carboxylic acids is 3. The molecule has 6 nitrogen and oxygen atoms in total. The third-order valence-corrected chi connectivity index (χ3v) is 14.2. The molecule has 75 heavy (non-hydrogen) atoms. The molecule has 0 radical (unpaired) electrons. The molecular formula is C69H122O6. The standard InChI is InChI=1S/C69H122O6/c1-4-7-10-13-16-19-22-25-27-29-30-31-32-33-34-35-36-37-38-40-41-44-47-50-53-56-59-62-68(71)74-65-66(64-73-67(70)61-58-55-52-49-46-43-24-21-18-15-12-9-6-3)75-69(72)63-60-57-54-51-48-45-42-39-28-26-23-20-17-14-11-8-5-2/h9,12,17-18,20-21,26,28,43,46,52,55,66H,4-8,10-11,13-16,19,22-25,27,29-42,44-45,47-51,53-54,56-65H2,1-3H3/b12-9-,20-17-,21-18-,28-26-,46-43-,55-52-. The average molecular weight is 1050 g/mol. The highest BCUT2D eigenvalue weighted by atomic mass is 16.6. The zero-order chi connectivity index (χ0) is 54.3. The van der Waals surface area contributed by atoms with Crippen LogP contribution in [0.25, 0.3) is 0 Å². The largest absolute Gasteiger partial charge is 0.462 e. The summed E-state index contributed by atoms with van der Waals surface area (Å²) in [7, 11) is 0. The fourth-order valence-electron chi connectivity index (χ4n) is 9.37. The molecule has 1 unspecified atom stereocenters. The van der Waals surface area contributed by atoms with Crippen LogP contribution < -0.4 is 0 Å². The number of unbranched alkanes of at least 4 members (excludes halogenated alkanes) is 36. The first-order chi connectivity index (χ1) is 37.0. The first kappa shape index (κ1) is 71.8. The van der Waals surface area contributed by atoms with Crippen LogP contribution in [0.5, 0.6) is 0 Å². The van der Waals surface area contributed by atoms with E-state index in [2.05, 4.69) is 87.6 Å². The Morgan fingerprint density at radius 2 is 0.547 bits per heavy atom. The quantitative estimate of drug-likeness (QED) is 0.0261. The van der Waals surface area contributed by atoms with Crippen molar-refractivity contribution in [3.63, 3.8) is 0 Å². The van der Waals surface area contributed by atoms with E-state index in [0.717, 1.165) is 77.0 Å². The van der Waals surface area contributed by atoms with Gasteiger partial charge in [0.25, 0.3) is 0 Å². The van der Waals surface area contributed by atoms with Gasteiger partial charge in [-0.2, -0.15) is 0 Å². The zero-order valence-electron chi connectivity index (χ0n) is 49.8. The molecule has 0 N–H and O–H groups in total. The monoisotopic (exact) mass is 1050 g/mol. The van der Waals surface area contributed by atoms with Gasteiger partial charge in [0.05, 0.1) is 0 Å². The first-order valence-electron chi connectivity index (χ1n) is 32.4. The number of hydrogen-bond acceptors (Lipinski definition) is 6. The molecule has 0 aromatic rings. The maximum absolute atomic E-state index is 12.9. The van der Waals surface area contributed by atoms with E-state index in [-0.39, 0.29) is 37.5 Å². The smallest absolute Gasteiger partial charge is 0.306 e. The number of ether oxygens (including phenoxy) is 3. The molecule has 0 bridgehead atoms. The minimum Gasteiger partial charge on any atom is -0.462 e. The van der Waals surface area contributed by atoms with Crippen molar-refractivity contribution in [2.24, 2.45) is 0 Å². The fourth-order valence-corrected chi connectivity index (χ4v) is 9.37. The Bertz CT molecular complexity index is 1390. The summed E-state index contributed by atoms with van der Waals surface area (Å²) < 4.78 is 16.8. The SMILES string of the molecule is CC/C=C\C/C=C\C/C=C\C/C=C\CCC(=O)OCC(COC(=O)CCCCCCCCCCCCCCCCCCCCCCCCCCCCC)OC(=O)CCCCCCCCC/C=C\C/C=C\CCCCC. The average Bonchev–Trinajstić information content (AvgIpc) is 3.41. The number of rotatable bonds is 59. The third-order valence-electron chi connectivity index (χ3n) is 14.2. The van der Waals surface area contributed by atoms with Gasteiger partial charge in [-0.25, -0.2) is 0 Å².